The minimum absolute atomic E-state index is 0.0387. The van der Waals surface area contributed by atoms with Crippen molar-refractivity contribution in [2.45, 2.75) is 45.7 Å². The van der Waals surface area contributed by atoms with Crippen molar-refractivity contribution < 1.29 is 14.3 Å². The lowest BCUT2D eigenvalue weighted by Gasteiger charge is -2.31. The second kappa shape index (κ2) is 8.21. The molecule has 1 aliphatic rings. The van der Waals surface area contributed by atoms with Gasteiger partial charge in [-0.25, -0.2) is 9.78 Å². The molecule has 0 spiro atoms. The van der Waals surface area contributed by atoms with Gasteiger partial charge in [0.05, 0.1) is 17.6 Å². The first kappa shape index (κ1) is 18.2. The summed E-state index contributed by atoms with van der Waals surface area (Å²) in [5.74, 6) is 0.957. The second-order valence-corrected chi connectivity index (χ2v) is 6.58. The molecule has 1 aromatic heterocycles. The third-order valence-corrected chi connectivity index (χ3v) is 4.79. The molecule has 2 heterocycles. The Balaban J connectivity index is 1.48. The lowest BCUT2D eigenvalue weighted by atomic mass is 10.1. The van der Waals surface area contributed by atoms with E-state index in [2.05, 4.69) is 14.9 Å². The van der Waals surface area contributed by atoms with Crippen LogP contribution < -0.4 is 5.32 Å². The highest BCUT2D eigenvalue weighted by atomic mass is 16.6. The van der Waals surface area contributed by atoms with Crippen LogP contribution in [0.25, 0.3) is 11.0 Å². The number of carbonyl (C=O) groups excluding carboxylic acids is 2. The first-order valence-electron chi connectivity index (χ1n) is 9.21. The third kappa shape index (κ3) is 4.15. The van der Waals surface area contributed by atoms with Crippen LogP contribution in [0.4, 0.5) is 4.79 Å². The maximum absolute atomic E-state index is 12.3. The van der Waals surface area contributed by atoms with Crippen LogP contribution >= 0.6 is 0 Å². The highest BCUT2D eigenvalue weighted by Gasteiger charge is 2.24. The highest BCUT2D eigenvalue weighted by molar-refractivity contribution is 5.78. The number of amides is 2. The smallest absolute Gasteiger partial charge is 0.409 e. The number of imidazole rings is 1. The molecular weight excluding hydrogens is 332 g/mol. The van der Waals surface area contributed by atoms with Gasteiger partial charge < -0.3 is 19.5 Å². The standard InChI is InChI=1S/C19H26N4O3/c1-3-26-19(25)22-11-8-15(9-12-22)21-18(24)10-13-23-14(2)20-16-6-4-5-7-17(16)23/h4-7,15H,3,8-13H2,1-2H3,(H,21,24). The summed E-state index contributed by atoms with van der Waals surface area (Å²) in [6.07, 6.45) is 1.67. The summed E-state index contributed by atoms with van der Waals surface area (Å²) in [6, 6.07) is 8.08. The van der Waals surface area contributed by atoms with Gasteiger partial charge in [-0.3, -0.25) is 4.79 Å². The van der Waals surface area contributed by atoms with Gasteiger partial charge in [0.1, 0.15) is 5.82 Å². The quantitative estimate of drug-likeness (QED) is 0.891. The number of aryl methyl sites for hydroxylation is 2. The van der Waals surface area contributed by atoms with Crippen LogP contribution in [0.5, 0.6) is 0 Å². The molecule has 0 bridgehead atoms. The van der Waals surface area contributed by atoms with Crippen molar-refractivity contribution in [3.05, 3.63) is 30.1 Å². The molecule has 1 N–H and O–H groups in total. The molecule has 7 nitrogen and oxygen atoms in total. The molecule has 0 saturated carbocycles. The number of rotatable bonds is 5. The Bertz CT molecular complexity index is 778. The van der Waals surface area contributed by atoms with Crippen molar-refractivity contribution in [1.82, 2.24) is 19.8 Å². The van der Waals surface area contributed by atoms with Crippen LogP contribution in [-0.4, -0.2) is 52.2 Å². The van der Waals surface area contributed by atoms with E-state index < -0.39 is 0 Å². The van der Waals surface area contributed by atoms with Crippen molar-refractivity contribution in [3.63, 3.8) is 0 Å². The molecule has 1 saturated heterocycles. The summed E-state index contributed by atoms with van der Waals surface area (Å²) in [5.41, 5.74) is 2.01. The summed E-state index contributed by atoms with van der Waals surface area (Å²) in [7, 11) is 0. The molecule has 2 amide bonds. The van der Waals surface area contributed by atoms with Gasteiger partial charge in [-0.05, 0) is 38.8 Å². The molecule has 26 heavy (non-hydrogen) atoms. The summed E-state index contributed by atoms with van der Waals surface area (Å²) in [6.45, 7) is 6.00. The SMILES string of the molecule is CCOC(=O)N1CCC(NC(=O)CCn2c(C)nc3ccccc32)CC1. The van der Waals surface area contributed by atoms with E-state index in [1.54, 1.807) is 11.8 Å². The summed E-state index contributed by atoms with van der Waals surface area (Å²) >= 11 is 0. The molecule has 0 radical (unpaired) electrons. The molecule has 7 heteroatoms. The number of ether oxygens (including phenoxy) is 1. The molecule has 0 aliphatic carbocycles. The first-order valence-corrected chi connectivity index (χ1v) is 9.21. The van der Waals surface area contributed by atoms with E-state index in [-0.39, 0.29) is 18.0 Å². The largest absolute Gasteiger partial charge is 0.450 e. The Hall–Kier alpha value is -2.57. The number of hydrogen-bond acceptors (Lipinski definition) is 4. The summed E-state index contributed by atoms with van der Waals surface area (Å²) < 4.78 is 7.10. The average molecular weight is 358 g/mol. The van der Waals surface area contributed by atoms with Crippen molar-refractivity contribution in [1.29, 1.82) is 0 Å². The molecule has 1 aromatic carbocycles. The number of carbonyl (C=O) groups is 2. The zero-order valence-corrected chi connectivity index (χ0v) is 15.4. The maximum atomic E-state index is 12.3. The van der Waals surface area contributed by atoms with Gasteiger partial charge in [0, 0.05) is 32.1 Å². The van der Waals surface area contributed by atoms with Gasteiger partial charge in [-0.1, -0.05) is 12.1 Å². The molecule has 0 atom stereocenters. The second-order valence-electron chi connectivity index (χ2n) is 6.58. The van der Waals surface area contributed by atoms with Crippen LogP contribution in [-0.2, 0) is 16.1 Å². The van der Waals surface area contributed by atoms with Crippen LogP contribution in [0.15, 0.2) is 24.3 Å². The first-order chi connectivity index (χ1) is 12.6. The number of para-hydroxylation sites is 2. The molecule has 1 fully saturated rings. The Kier molecular flexibility index (Phi) is 5.75. The number of piperidine rings is 1. The van der Waals surface area contributed by atoms with E-state index in [1.807, 2.05) is 31.2 Å². The Morgan fingerprint density at radius 1 is 1.27 bits per heavy atom. The van der Waals surface area contributed by atoms with Crippen LogP contribution in [0, 0.1) is 6.92 Å². The normalized spacial score (nSPS) is 15.2. The molecule has 1 aliphatic heterocycles. The number of aromatic nitrogens is 2. The van der Waals surface area contributed by atoms with E-state index in [4.69, 9.17) is 4.74 Å². The maximum Gasteiger partial charge on any atom is 0.409 e. The zero-order chi connectivity index (χ0) is 18.5. The van der Waals surface area contributed by atoms with Crippen LogP contribution in [0.3, 0.4) is 0 Å². The lowest BCUT2D eigenvalue weighted by molar-refractivity contribution is -0.122. The van der Waals surface area contributed by atoms with Gasteiger partial charge >= 0.3 is 6.09 Å². The van der Waals surface area contributed by atoms with Crippen molar-refractivity contribution >= 4 is 23.0 Å². The molecule has 2 aromatic rings. The van der Waals surface area contributed by atoms with E-state index in [0.29, 0.717) is 32.7 Å². The van der Waals surface area contributed by atoms with Crippen molar-refractivity contribution in [2.75, 3.05) is 19.7 Å². The van der Waals surface area contributed by atoms with Gasteiger partial charge in [0.2, 0.25) is 5.91 Å². The molecule has 0 unspecified atom stereocenters. The number of hydrogen-bond donors (Lipinski definition) is 1. The highest BCUT2D eigenvalue weighted by Crippen LogP contribution is 2.16. The molecule has 140 valence electrons. The van der Waals surface area contributed by atoms with E-state index in [9.17, 15) is 9.59 Å². The number of nitrogens with zero attached hydrogens (tertiary/aromatic N) is 3. The van der Waals surface area contributed by atoms with Crippen molar-refractivity contribution in [3.8, 4) is 0 Å². The Labute approximate surface area is 153 Å². The van der Waals surface area contributed by atoms with E-state index in [0.717, 1.165) is 29.7 Å². The summed E-state index contributed by atoms with van der Waals surface area (Å²) in [5, 5.41) is 3.09. The predicted octanol–water partition coefficient (Wildman–Crippen LogP) is 2.47. The fraction of sp³-hybridized carbons (Fsp3) is 0.526. The van der Waals surface area contributed by atoms with E-state index in [1.165, 1.54) is 0 Å². The fourth-order valence-corrected chi connectivity index (χ4v) is 3.41. The monoisotopic (exact) mass is 358 g/mol. The van der Waals surface area contributed by atoms with Crippen LogP contribution in [0.1, 0.15) is 32.0 Å². The summed E-state index contributed by atoms with van der Waals surface area (Å²) in [4.78, 5) is 30.3. The number of likely N-dealkylation sites (tertiary alicyclic amines) is 1. The van der Waals surface area contributed by atoms with Gasteiger partial charge in [-0.2, -0.15) is 0 Å². The van der Waals surface area contributed by atoms with Crippen LogP contribution in [0.2, 0.25) is 0 Å². The number of benzene rings is 1. The Morgan fingerprint density at radius 2 is 2.00 bits per heavy atom. The molecule has 3 rings (SSSR count). The minimum atomic E-state index is -0.264. The Morgan fingerprint density at radius 3 is 2.73 bits per heavy atom. The zero-order valence-electron chi connectivity index (χ0n) is 15.4. The minimum Gasteiger partial charge on any atom is -0.450 e. The van der Waals surface area contributed by atoms with Gasteiger partial charge in [0.25, 0.3) is 0 Å². The lowest BCUT2D eigenvalue weighted by Crippen LogP contribution is -2.46. The number of fused-ring (bicyclic) bond motifs is 1. The fourth-order valence-electron chi connectivity index (χ4n) is 3.41. The van der Waals surface area contributed by atoms with E-state index >= 15 is 0 Å². The average Bonchev–Trinajstić information content (AvgIpc) is 2.96. The van der Waals surface area contributed by atoms with Gasteiger partial charge in [0.15, 0.2) is 0 Å². The molecular formula is C19H26N4O3. The predicted molar refractivity (Wildman–Crippen MR) is 98.8 cm³/mol. The number of nitrogens with one attached hydrogen (secondary N) is 1. The van der Waals surface area contributed by atoms with Crippen molar-refractivity contribution in [2.24, 2.45) is 0 Å². The van der Waals surface area contributed by atoms with Gasteiger partial charge in [-0.15, -0.1) is 0 Å². The topological polar surface area (TPSA) is 76.5 Å². The third-order valence-electron chi connectivity index (χ3n) is 4.79.